The van der Waals surface area contributed by atoms with Crippen LogP contribution in [0.3, 0.4) is 0 Å². The number of carbonyl (C=O) groups excluding carboxylic acids is 1. The molecule has 3 N–H and O–H groups in total. The first-order chi connectivity index (χ1) is 9.55. The second kappa shape index (κ2) is 5.72. The van der Waals surface area contributed by atoms with Crippen molar-refractivity contribution in [2.24, 2.45) is 0 Å². The fourth-order valence-electron chi connectivity index (χ4n) is 2.08. The number of hydrogen-bond acceptors (Lipinski definition) is 4. The van der Waals surface area contributed by atoms with Crippen LogP contribution in [0, 0.1) is 11.3 Å². The predicted octanol–water partition coefficient (Wildman–Crippen LogP) is 1.09. The van der Waals surface area contributed by atoms with Gasteiger partial charge in [-0.3, -0.25) is 14.9 Å². The highest BCUT2D eigenvalue weighted by Gasteiger charge is 2.44. The molecule has 1 aliphatic rings. The van der Waals surface area contributed by atoms with Crippen molar-refractivity contribution < 1.29 is 14.7 Å². The molecule has 1 aromatic carbocycles. The van der Waals surface area contributed by atoms with E-state index in [0.29, 0.717) is 24.1 Å². The average Bonchev–Trinajstić information content (AvgIpc) is 2.38. The van der Waals surface area contributed by atoms with Crippen LogP contribution in [0.25, 0.3) is 0 Å². The van der Waals surface area contributed by atoms with E-state index in [1.54, 1.807) is 24.3 Å². The van der Waals surface area contributed by atoms with Gasteiger partial charge in [-0.2, -0.15) is 5.26 Å². The lowest BCUT2D eigenvalue weighted by Crippen LogP contribution is -2.58. The maximum Gasteiger partial charge on any atom is 0.323 e. The standard InChI is InChI=1S/C14H15N3O3/c15-8-10-2-4-11(5-3-10)17-12(18)9-16-14(13(19)20)6-1-7-14/h2-5,16H,1,6-7,9H2,(H,17,18)(H,19,20). The Kier molecular flexibility index (Phi) is 4.01. The molecule has 0 aliphatic heterocycles. The van der Waals surface area contributed by atoms with Crippen LogP contribution in [0.5, 0.6) is 0 Å². The number of carboxylic acids is 1. The second-order valence-corrected chi connectivity index (χ2v) is 4.83. The summed E-state index contributed by atoms with van der Waals surface area (Å²) in [6.07, 6.45) is 1.95. The van der Waals surface area contributed by atoms with Gasteiger partial charge in [0.2, 0.25) is 5.91 Å². The van der Waals surface area contributed by atoms with E-state index in [-0.39, 0.29) is 12.5 Å². The Hall–Kier alpha value is -2.39. The lowest BCUT2D eigenvalue weighted by Gasteiger charge is -2.38. The topological polar surface area (TPSA) is 102 Å². The number of aliphatic carboxylic acids is 1. The number of carbonyl (C=O) groups is 2. The molecule has 0 radical (unpaired) electrons. The third-order valence-electron chi connectivity index (χ3n) is 3.50. The van der Waals surface area contributed by atoms with E-state index in [9.17, 15) is 9.59 Å². The third-order valence-corrected chi connectivity index (χ3v) is 3.50. The summed E-state index contributed by atoms with van der Waals surface area (Å²) in [6, 6.07) is 8.46. The smallest absolute Gasteiger partial charge is 0.323 e. The molecule has 6 nitrogen and oxygen atoms in total. The summed E-state index contributed by atoms with van der Waals surface area (Å²) in [6.45, 7) is -0.0493. The second-order valence-electron chi connectivity index (χ2n) is 4.83. The Morgan fingerprint density at radius 2 is 1.95 bits per heavy atom. The summed E-state index contributed by atoms with van der Waals surface area (Å²) < 4.78 is 0. The molecule has 0 saturated heterocycles. The maximum absolute atomic E-state index is 11.7. The van der Waals surface area contributed by atoms with Crippen molar-refractivity contribution in [1.82, 2.24) is 5.32 Å². The van der Waals surface area contributed by atoms with Crippen LogP contribution in [0.2, 0.25) is 0 Å². The van der Waals surface area contributed by atoms with Crippen molar-refractivity contribution in [1.29, 1.82) is 5.26 Å². The Morgan fingerprint density at radius 3 is 2.40 bits per heavy atom. The maximum atomic E-state index is 11.7. The Bertz CT molecular complexity index is 556. The SMILES string of the molecule is N#Cc1ccc(NC(=O)CNC2(C(=O)O)CCC2)cc1. The van der Waals surface area contributed by atoms with E-state index in [1.165, 1.54) is 0 Å². The minimum Gasteiger partial charge on any atom is -0.480 e. The number of rotatable bonds is 5. The Morgan fingerprint density at radius 1 is 1.30 bits per heavy atom. The van der Waals surface area contributed by atoms with Crippen LogP contribution < -0.4 is 10.6 Å². The number of amides is 1. The first-order valence-electron chi connectivity index (χ1n) is 6.34. The number of hydrogen-bond donors (Lipinski definition) is 3. The zero-order valence-corrected chi connectivity index (χ0v) is 10.8. The van der Waals surface area contributed by atoms with Gasteiger partial charge in [-0.1, -0.05) is 0 Å². The molecule has 1 fully saturated rings. The van der Waals surface area contributed by atoms with E-state index < -0.39 is 11.5 Å². The molecule has 0 aromatic heterocycles. The van der Waals surface area contributed by atoms with Crippen molar-refractivity contribution >= 4 is 17.6 Å². The monoisotopic (exact) mass is 273 g/mol. The number of carboxylic acid groups (broad SMARTS) is 1. The van der Waals surface area contributed by atoms with Crippen LogP contribution in [0.15, 0.2) is 24.3 Å². The van der Waals surface area contributed by atoms with Crippen LogP contribution in [0.4, 0.5) is 5.69 Å². The lowest BCUT2D eigenvalue weighted by atomic mass is 9.77. The molecule has 6 heteroatoms. The van der Waals surface area contributed by atoms with Crippen molar-refractivity contribution in [3.63, 3.8) is 0 Å². The van der Waals surface area contributed by atoms with Crippen LogP contribution in [-0.4, -0.2) is 29.1 Å². The molecule has 20 heavy (non-hydrogen) atoms. The van der Waals surface area contributed by atoms with E-state index in [0.717, 1.165) is 6.42 Å². The first-order valence-corrected chi connectivity index (χ1v) is 6.34. The van der Waals surface area contributed by atoms with E-state index in [4.69, 9.17) is 10.4 Å². The van der Waals surface area contributed by atoms with Gasteiger partial charge in [-0.05, 0) is 43.5 Å². The number of nitriles is 1. The van der Waals surface area contributed by atoms with Gasteiger partial charge in [0.1, 0.15) is 5.54 Å². The quantitative estimate of drug-likeness (QED) is 0.745. The molecular formula is C14H15N3O3. The first kappa shape index (κ1) is 14.0. The highest BCUT2D eigenvalue weighted by molar-refractivity contribution is 5.93. The normalized spacial score (nSPS) is 15.8. The summed E-state index contributed by atoms with van der Waals surface area (Å²) in [5.74, 6) is -1.21. The van der Waals surface area contributed by atoms with Crippen LogP contribution in [-0.2, 0) is 9.59 Å². The van der Waals surface area contributed by atoms with E-state index >= 15 is 0 Å². The zero-order valence-electron chi connectivity index (χ0n) is 10.8. The molecule has 1 aliphatic carbocycles. The van der Waals surface area contributed by atoms with Gasteiger partial charge in [0.05, 0.1) is 18.2 Å². The molecule has 104 valence electrons. The molecule has 0 spiro atoms. The molecule has 0 atom stereocenters. The zero-order chi connectivity index (χ0) is 14.6. The van der Waals surface area contributed by atoms with Gasteiger partial charge >= 0.3 is 5.97 Å². The van der Waals surface area contributed by atoms with Crippen molar-refractivity contribution in [2.45, 2.75) is 24.8 Å². The summed E-state index contributed by atoms with van der Waals surface area (Å²) in [5, 5.41) is 23.2. The van der Waals surface area contributed by atoms with E-state index in [2.05, 4.69) is 10.6 Å². The molecule has 1 aromatic rings. The molecular weight excluding hydrogens is 258 g/mol. The predicted molar refractivity (Wildman–Crippen MR) is 72.0 cm³/mol. The molecule has 2 rings (SSSR count). The minimum atomic E-state index is -0.942. The van der Waals surface area contributed by atoms with Crippen molar-refractivity contribution in [3.05, 3.63) is 29.8 Å². The highest BCUT2D eigenvalue weighted by atomic mass is 16.4. The number of nitrogens with one attached hydrogen (secondary N) is 2. The van der Waals surface area contributed by atoms with Crippen LogP contribution >= 0.6 is 0 Å². The summed E-state index contributed by atoms with van der Waals surface area (Å²) >= 11 is 0. The lowest BCUT2D eigenvalue weighted by molar-refractivity contribution is -0.148. The van der Waals surface area contributed by atoms with Gasteiger partial charge in [-0.25, -0.2) is 0 Å². The molecule has 0 unspecified atom stereocenters. The third kappa shape index (κ3) is 2.95. The van der Waals surface area contributed by atoms with Crippen LogP contribution in [0.1, 0.15) is 24.8 Å². The number of benzene rings is 1. The molecule has 1 amide bonds. The fourth-order valence-corrected chi connectivity index (χ4v) is 2.08. The number of nitrogens with zero attached hydrogens (tertiary/aromatic N) is 1. The molecule has 0 heterocycles. The van der Waals surface area contributed by atoms with Gasteiger partial charge in [0, 0.05) is 5.69 Å². The Labute approximate surface area is 116 Å². The van der Waals surface area contributed by atoms with Crippen molar-refractivity contribution in [3.8, 4) is 6.07 Å². The molecule has 0 bridgehead atoms. The number of anilines is 1. The van der Waals surface area contributed by atoms with Gasteiger partial charge in [-0.15, -0.1) is 0 Å². The minimum absolute atomic E-state index is 0.0493. The average molecular weight is 273 g/mol. The van der Waals surface area contributed by atoms with Crippen molar-refractivity contribution in [2.75, 3.05) is 11.9 Å². The largest absolute Gasteiger partial charge is 0.480 e. The molecule has 1 saturated carbocycles. The fraction of sp³-hybridized carbons (Fsp3) is 0.357. The van der Waals surface area contributed by atoms with Gasteiger partial charge in [0.15, 0.2) is 0 Å². The Balaban J connectivity index is 1.86. The highest BCUT2D eigenvalue weighted by Crippen LogP contribution is 2.31. The van der Waals surface area contributed by atoms with Gasteiger partial charge < -0.3 is 10.4 Å². The van der Waals surface area contributed by atoms with E-state index in [1.807, 2.05) is 6.07 Å². The summed E-state index contributed by atoms with van der Waals surface area (Å²) in [5.41, 5.74) is 0.149. The van der Waals surface area contributed by atoms with Gasteiger partial charge in [0.25, 0.3) is 0 Å². The summed E-state index contributed by atoms with van der Waals surface area (Å²) in [7, 11) is 0. The summed E-state index contributed by atoms with van der Waals surface area (Å²) in [4.78, 5) is 22.9.